The van der Waals surface area contributed by atoms with Crippen LogP contribution < -0.4 is 16.4 Å². The number of carboxylic acid groups (broad SMARTS) is 1. The van der Waals surface area contributed by atoms with E-state index in [1.54, 1.807) is 36.4 Å². The summed E-state index contributed by atoms with van der Waals surface area (Å²) in [7, 11) is 0. The molecule has 28 heavy (non-hydrogen) atoms. The maximum absolute atomic E-state index is 12.1. The summed E-state index contributed by atoms with van der Waals surface area (Å²) in [5, 5.41) is 21.4. The van der Waals surface area contributed by atoms with E-state index in [1.165, 1.54) is 6.20 Å². The van der Waals surface area contributed by atoms with E-state index in [1.807, 2.05) is 0 Å². The second kappa shape index (κ2) is 9.81. The van der Waals surface area contributed by atoms with Crippen LogP contribution in [0, 0.1) is 5.41 Å². The number of hydrogen-bond acceptors (Lipinski definition) is 5. The number of nitrogens with two attached hydrogens (primary N) is 1. The van der Waals surface area contributed by atoms with Crippen molar-refractivity contribution in [2.75, 3.05) is 10.6 Å². The molecule has 2 aromatic rings. The zero-order chi connectivity index (χ0) is 20.5. The average Bonchev–Trinajstić information content (AvgIpc) is 2.66. The van der Waals surface area contributed by atoms with Gasteiger partial charge in [-0.1, -0.05) is 6.07 Å². The van der Waals surface area contributed by atoms with Gasteiger partial charge in [-0.25, -0.2) is 4.98 Å². The molecular weight excluding hydrogens is 362 g/mol. The Kier molecular flexibility index (Phi) is 7.21. The Morgan fingerprint density at radius 1 is 1.00 bits per heavy atom. The van der Waals surface area contributed by atoms with Crippen LogP contribution in [0.1, 0.15) is 30.4 Å². The lowest BCUT2D eigenvalue weighted by molar-refractivity contribution is -0.137. The van der Waals surface area contributed by atoms with Gasteiger partial charge in [0.2, 0.25) is 11.8 Å². The molecule has 0 aliphatic rings. The number of nitrogens with zero attached hydrogens (tertiary/aromatic N) is 1. The van der Waals surface area contributed by atoms with Crippen LogP contribution in [0.15, 0.2) is 42.6 Å². The van der Waals surface area contributed by atoms with Crippen molar-refractivity contribution in [3.05, 3.63) is 53.7 Å². The normalized spacial score (nSPS) is 10.1. The van der Waals surface area contributed by atoms with E-state index in [-0.39, 0.29) is 37.4 Å². The molecule has 9 nitrogen and oxygen atoms in total. The van der Waals surface area contributed by atoms with Gasteiger partial charge in [-0.05, 0) is 42.3 Å². The first-order valence-corrected chi connectivity index (χ1v) is 8.55. The minimum atomic E-state index is -0.936. The molecule has 6 N–H and O–H groups in total. The van der Waals surface area contributed by atoms with E-state index in [4.69, 9.17) is 16.2 Å². The summed E-state index contributed by atoms with van der Waals surface area (Å²) in [6.07, 6.45) is 1.59. The lowest BCUT2D eigenvalue weighted by Gasteiger charge is -2.09. The number of carbonyl (C=O) groups excluding carboxylic acids is 2. The quantitative estimate of drug-likeness (QED) is 0.328. The van der Waals surface area contributed by atoms with Gasteiger partial charge in [-0.15, -0.1) is 0 Å². The number of carbonyl (C=O) groups is 3. The molecule has 2 rings (SSSR count). The molecular formula is C19H21N5O4. The van der Waals surface area contributed by atoms with E-state index >= 15 is 0 Å². The summed E-state index contributed by atoms with van der Waals surface area (Å²) in [6.45, 7) is 0. The van der Waals surface area contributed by atoms with Crippen molar-refractivity contribution in [2.45, 2.75) is 25.7 Å². The van der Waals surface area contributed by atoms with Crippen molar-refractivity contribution in [1.29, 1.82) is 5.41 Å². The summed E-state index contributed by atoms with van der Waals surface area (Å²) < 4.78 is 0. The Hall–Kier alpha value is -3.75. The van der Waals surface area contributed by atoms with Gasteiger partial charge in [-0.2, -0.15) is 0 Å². The molecule has 0 fully saturated rings. The third kappa shape index (κ3) is 6.52. The Bertz CT molecular complexity index is 880. The van der Waals surface area contributed by atoms with E-state index in [0.29, 0.717) is 22.6 Å². The minimum absolute atomic E-state index is 0.0302. The van der Waals surface area contributed by atoms with Crippen LogP contribution in [-0.4, -0.2) is 33.7 Å². The maximum Gasteiger partial charge on any atom is 0.303 e. The Morgan fingerprint density at radius 2 is 1.64 bits per heavy atom. The highest BCUT2D eigenvalue weighted by atomic mass is 16.4. The van der Waals surface area contributed by atoms with E-state index in [2.05, 4.69) is 15.6 Å². The summed E-state index contributed by atoms with van der Waals surface area (Å²) >= 11 is 0. The number of rotatable bonds is 9. The van der Waals surface area contributed by atoms with Gasteiger partial charge in [0.25, 0.3) is 0 Å². The Balaban J connectivity index is 1.84. The summed E-state index contributed by atoms with van der Waals surface area (Å²) in [5.74, 6) is -1.43. The minimum Gasteiger partial charge on any atom is -0.481 e. The van der Waals surface area contributed by atoms with Crippen LogP contribution in [-0.2, 0) is 20.8 Å². The monoisotopic (exact) mass is 383 g/mol. The molecule has 0 radical (unpaired) electrons. The van der Waals surface area contributed by atoms with Crippen molar-refractivity contribution >= 4 is 35.1 Å². The number of aliphatic carboxylic acids is 1. The van der Waals surface area contributed by atoms with Gasteiger partial charge < -0.3 is 21.5 Å². The van der Waals surface area contributed by atoms with Gasteiger partial charge in [0.1, 0.15) is 11.7 Å². The number of carboxylic acids is 1. The largest absolute Gasteiger partial charge is 0.481 e. The van der Waals surface area contributed by atoms with Crippen molar-refractivity contribution in [1.82, 2.24) is 4.98 Å². The zero-order valence-corrected chi connectivity index (χ0v) is 15.1. The number of nitrogens with one attached hydrogen (secondary N) is 3. The van der Waals surface area contributed by atoms with Crippen LogP contribution in [0.5, 0.6) is 0 Å². The highest BCUT2D eigenvalue weighted by Gasteiger charge is 2.11. The topological polar surface area (TPSA) is 158 Å². The lowest BCUT2D eigenvalue weighted by atomic mass is 10.1. The van der Waals surface area contributed by atoms with Crippen molar-refractivity contribution < 1.29 is 19.5 Å². The number of pyridine rings is 1. The Labute approximate surface area is 161 Å². The molecule has 0 atom stereocenters. The molecule has 9 heteroatoms. The number of amides is 2. The fourth-order valence-electron chi connectivity index (χ4n) is 2.37. The molecule has 0 bridgehead atoms. The first-order chi connectivity index (χ1) is 13.3. The van der Waals surface area contributed by atoms with Gasteiger partial charge in [0, 0.05) is 36.7 Å². The molecule has 0 unspecified atom stereocenters. The third-order valence-electron chi connectivity index (χ3n) is 3.82. The standard InChI is InChI=1S/C19H21N5O4/c20-18(21)12-3-6-14(7-4-12)23-15(25)8-9-16(26)24-19-13(2-1-11-22-19)5-10-17(27)28/h1-4,6-7,11H,5,8-10H2,(H3,20,21)(H,23,25)(H,27,28)(H,22,24,26). The molecule has 0 saturated carbocycles. The van der Waals surface area contributed by atoms with Crippen LogP contribution in [0.2, 0.25) is 0 Å². The van der Waals surface area contributed by atoms with E-state index in [0.717, 1.165) is 0 Å². The highest BCUT2D eigenvalue weighted by molar-refractivity contribution is 5.98. The first-order valence-electron chi connectivity index (χ1n) is 8.55. The summed E-state index contributed by atoms with van der Waals surface area (Å²) in [4.78, 5) is 38.9. The third-order valence-corrected chi connectivity index (χ3v) is 3.82. The number of benzene rings is 1. The van der Waals surface area contributed by atoms with Gasteiger partial charge in [-0.3, -0.25) is 19.8 Å². The van der Waals surface area contributed by atoms with Crippen molar-refractivity contribution in [3.63, 3.8) is 0 Å². The van der Waals surface area contributed by atoms with Gasteiger partial charge in [0.05, 0.1) is 0 Å². The summed E-state index contributed by atoms with van der Waals surface area (Å²) in [5.41, 5.74) is 7.08. The SMILES string of the molecule is N=C(N)c1ccc(NC(=O)CCC(=O)Nc2ncccc2CCC(=O)O)cc1. The fourth-order valence-corrected chi connectivity index (χ4v) is 2.37. The number of aryl methyl sites for hydroxylation is 1. The first kappa shape index (κ1) is 20.6. The Morgan fingerprint density at radius 3 is 2.25 bits per heavy atom. The van der Waals surface area contributed by atoms with Gasteiger partial charge >= 0.3 is 5.97 Å². The van der Waals surface area contributed by atoms with Crippen LogP contribution in [0.25, 0.3) is 0 Å². The number of aromatic nitrogens is 1. The fraction of sp³-hybridized carbons (Fsp3) is 0.211. The second-order valence-electron chi connectivity index (χ2n) is 5.99. The predicted molar refractivity (Wildman–Crippen MR) is 104 cm³/mol. The number of anilines is 2. The molecule has 2 amide bonds. The average molecular weight is 383 g/mol. The molecule has 1 aromatic carbocycles. The molecule has 146 valence electrons. The van der Waals surface area contributed by atoms with E-state index in [9.17, 15) is 14.4 Å². The molecule has 0 spiro atoms. The number of hydrogen-bond donors (Lipinski definition) is 5. The molecule has 1 aromatic heterocycles. The molecule has 1 heterocycles. The van der Waals surface area contributed by atoms with E-state index < -0.39 is 11.9 Å². The van der Waals surface area contributed by atoms with Crippen LogP contribution in [0.3, 0.4) is 0 Å². The van der Waals surface area contributed by atoms with Crippen molar-refractivity contribution in [2.24, 2.45) is 5.73 Å². The van der Waals surface area contributed by atoms with Crippen molar-refractivity contribution in [3.8, 4) is 0 Å². The zero-order valence-electron chi connectivity index (χ0n) is 15.1. The van der Waals surface area contributed by atoms with Crippen LogP contribution >= 0.6 is 0 Å². The maximum atomic E-state index is 12.1. The smallest absolute Gasteiger partial charge is 0.303 e. The molecule has 0 saturated heterocycles. The predicted octanol–water partition coefficient (Wildman–Crippen LogP) is 1.74. The highest BCUT2D eigenvalue weighted by Crippen LogP contribution is 2.15. The molecule has 0 aliphatic carbocycles. The van der Waals surface area contributed by atoms with Gasteiger partial charge in [0.15, 0.2) is 0 Å². The summed E-state index contributed by atoms with van der Waals surface area (Å²) in [6, 6.07) is 9.84. The molecule has 0 aliphatic heterocycles. The van der Waals surface area contributed by atoms with Crippen LogP contribution in [0.4, 0.5) is 11.5 Å². The number of amidine groups is 1. The second-order valence-corrected chi connectivity index (χ2v) is 5.99. The lowest BCUT2D eigenvalue weighted by Crippen LogP contribution is -2.18. The number of nitrogen functional groups attached to an aromatic ring is 1.